The van der Waals surface area contributed by atoms with E-state index in [1.807, 2.05) is 6.07 Å². The molecule has 72 valence electrons. The second kappa shape index (κ2) is 3.27. The highest BCUT2D eigenvalue weighted by Gasteiger charge is 2.18. The second-order valence-corrected chi connectivity index (χ2v) is 4.16. The number of aromatic hydroxyl groups is 1. The number of benzene rings is 1. The summed E-state index contributed by atoms with van der Waals surface area (Å²) >= 11 is 1.24. The van der Waals surface area contributed by atoms with Gasteiger partial charge >= 0.3 is 7.12 Å². The molecule has 0 atom stereocenters. The molecule has 2 aromatic rings. The summed E-state index contributed by atoms with van der Waals surface area (Å²) in [5, 5.41) is 28.7. The Morgan fingerprint density at radius 3 is 2.64 bits per heavy atom. The van der Waals surface area contributed by atoms with Crippen LogP contribution in [0.2, 0.25) is 0 Å². The van der Waals surface area contributed by atoms with Crippen molar-refractivity contribution in [3.8, 4) is 5.06 Å². The van der Waals surface area contributed by atoms with Crippen LogP contribution in [-0.4, -0.2) is 22.3 Å². The van der Waals surface area contributed by atoms with Crippen molar-refractivity contribution in [3.05, 3.63) is 23.8 Å². The van der Waals surface area contributed by atoms with E-state index < -0.39 is 7.12 Å². The van der Waals surface area contributed by atoms with E-state index in [9.17, 15) is 5.11 Å². The molecule has 0 amide bonds. The van der Waals surface area contributed by atoms with Gasteiger partial charge in [-0.15, -0.1) is 0 Å². The summed E-state index contributed by atoms with van der Waals surface area (Å²) in [6, 6.07) is 5.23. The standard InChI is InChI=1S/C9H9BO3S/c1-5-8-6(10(12)13)3-2-4-7(8)14-9(5)11/h2-4,11-13H,1H3. The van der Waals surface area contributed by atoms with Gasteiger partial charge in [-0.3, -0.25) is 0 Å². The fourth-order valence-corrected chi connectivity index (χ4v) is 2.52. The maximum absolute atomic E-state index is 9.50. The van der Waals surface area contributed by atoms with Crippen molar-refractivity contribution in [2.24, 2.45) is 0 Å². The highest BCUT2D eigenvalue weighted by molar-refractivity contribution is 7.21. The van der Waals surface area contributed by atoms with Crippen molar-refractivity contribution in [2.45, 2.75) is 6.92 Å². The first kappa shape index (κ1) is 9.52. The SMILES string of the molecule is Cc1c(O)sc2cccc(B(O)O)c12. The van der Waals surface area contributed by atoms with Gasteiger partial charge in [0, 0.05) is 10.3 Å². The van der Waals surface area contributed by atoms with Crippen LogP contribution in [-0.2, 0) is 0 Å². The second-order valence-electron chi connectivity index (χ2n) is 3.13. The maximum Gasteiger partial charge on any atom is 0.489 e. The van der Waals surface area contributed by atoms with Crippen molar-refractivity contribution in [2.75, 3.05) is 0 Å². The van der Waals surface area contributed by atoms with Crippen molar-refractivity contribution < 1.29 is 15.2 Å². The Morgan fingerprint density at radius 2 is 2.00 bits per heavy atom. The molecule has 3 nitrogen and oxygen atoms in total. The summed E-state index contributed by atoms with van der Waals surface area (Å²) in [5.74, 6) is 0. The third-order valence-corrected chi connectivity index (χ3v) is 3.30. The predicted molar refractivity (Wildman–Crippen MR) is 58.1 cm³/mol. The molecule has 1 heterocycles. The van der Waals surface area contributed by atoms with Gasteiger partial charge in [-0.1, -0.05) is 23.5 Å². The zero-order chi connectivity index (χ0) is 10.3. The summed E-state index contributed by atoms with van der Waals surface area (Å²) in [6.07, 6.45) is 0. The molecule has 0 aliphatic rings. The largest absolute Gasteiger partial charge is 0.499 e. The van der Waals surface area contributed by atoms with Crippen LogP contribution in [0.25, 0.3) is 10.1 Å². The molecule has 0 radical (unpaired) electrons. The fourth-order valence-electron chi connectivity index (χ4n) is 1.54. The fraction of sp³-hybridized carbons (Fsp3) is 0.111. The van der Waals surface area contributed by atoms with Crippen LogP contribution >= 0.6 is 11.3 Å². The van der Waals surface area contributed by atoms with Gasteiger partial charge in [0.1, 0.15) is 0 Å². The van der Waals surface area contributed by atoms with E-state index in [0.29, 0.717) is 11.0 Å². The summed E-state index contributed by atoms with van der Waals surface area (Å²) in [5.41, 5.74) is 1.14. The van der Waals surface area contributed by atoms with Crippen molar-refractivity contribution in [1.82, 2.24) is 0 Å². The van der Waals surface area contributed by atoms with Gasteiger partial charge < -0.3 is 15.2 Å². The van der Waals surface area contributed by atoms with Gasteiger partial charge in [-0.05, 0) is 23.8 Å². The number of thiophene rings is 1. The lowest BCUT2D eigenvalue weighted by atomic mass is 9.77. The Balaban J connectivity index is 2.84. The third-order valence-electron chi connectivity index (χ3n) is 2.24. The van der Waals surface area contributed by atoms with Crippen LogP contribution in [0.3, 0.4) is 0 Å². The average Bonchev–Trinajstić information content (AvgIpc) is 2.43. The number of rotatable bonds is 1. The summed E-state index contributed by atoms with van der Waals surface area (Å²) in [6.45, 7) is 1.76. The van der Waals surface area contributed by atoms with Crippen LogP contribution in [0.1, 0.15) is 5.56 Å². The number of hydrogen-bond acceptors (Lipinski definition) is 4. The van der Waals surface area contributed by atoms with Gasteiger partial charge in [0.15, 0.2) is 5.06 Å². The molecule has 0 unspecified atom stereocenters. The van der Waals surface area contributed by atoms with Crippen LogP contribution in [0.15, 0.2) is 18.2 Å². The lowest BCUT2D eigenvalue weighted by Gasteiger charge is -2.01. The van der Waals surface area contributed by atoms with E-state index in [0.717, 1.165) is 10.1 Å². The molecule has 1 aromatic heterocycles. The highest BCUT2D eigenvalue weighted by Crippen LogP contribution is 2.34. The van der Waals surface area contributed by atoms with Crippen LogP contribution in [0.5, 0.6) is 5.06 Å². The number of aryl methyl sites for hydroxylation is 1. The van der Waals surface area contributed by atoms with Crippen molar-refractivity contribution >= 4 is 34.0 Å². The van der Waals surface area contributed by atoms with Gasteiger partial charge in [-0.2, -0.15) is 0 Å². The van der Waals surface area contributed by atoms with E-state index in [1.54, 1.807) is 19.1 Å². The molecular weight excluding hydrogens is 199 g/mol. The quantitative estimate of drug-likeness (QED) is 0.601. The Kier molecular flexibility index (Phi) is 2.22. The maximum atomic E-state index is 9.50. The molecule has 0 saturated heterocycles. The summed E-state index contributed by atoms with van der Waals surface area (Å²) in [4.78, 5) is 0. The van der Waals surface area contributed by atoms with Gasteiger partial charge in [0.25, 0.3) is 0 Å². The molecular formula is C9H9BO3S. The minimum atomic E-state index is -1.49. The lowest BCUT2D eigenvalue weighted by Crippen LogP contribution is -2.30. The molecule has 1 aromatic carbocycles. The molecule has 2 rings (SSSR count). The number of fused-ring (bicyclic) bond motifs is 1. The molecule has 0 fully saturated rings. The smallest absolute Gasteiger partial charge is 0.489 e. The Morgan fingerprint density at radius 1 is 1.29 bits per heavy atom. The predicted octanol–water partition coefficient (Wildman–Crippen LogP) is 0.595. The molecule has 0 aliphatic heterocycles. The zero-order valence-electron chi connectivity index (χ0n) is 7.56. The Bertz CT molecular complexity index is 478. The first-order valence-electron chi connectivity index (χ1n) is 4.18. The summed E-state index contributed by atoms with van der Waals surface area (Å²) in [7, 11) is -1.49. The van der Waals surface area contributed by atoms with E-state index in [-0.39, 0.29) is 5.06 Å². The molecule has 0 bridgehead atoms. The van der Waals surface area contributed by atoms with E-state index in [4.69, 9.17) is 10.0 Å². The minimum Gasteiger partial charge on any atom is -0.499 e. The van der Waals surface area contributed by atoms with Crippen LogP contribution in [0, 0.1) is 6.92 Å². The molecule has 5 heteroatoms. The van der Waals surface area contributed by atoms with E-state index >= 15 is 0 Å². The van der Waals surface area contributed by atoms with Crippen molar-refractivity contribution in [3.63, 3.8) is 0 Å². The average molecular weight is 208 g/mol. The highest BCUT2D eigenvalue weighted by atomic mass is 32.1. The Labute approximate surface area is 85.4 Å². The summed E-state index contributed by atoms with van der Waals surface area (Å²) < 4.78 is 0.866. The first-order chi connectivity index (χ1) is 6.61. The lowest BCUT2D eigenvalue weighted by molar-refractivity contribution is 0.426. The molecule has 3 N–H and O–H groups in total. The monoisotopic (exact) mass is 208 g/mol. The Hall–Kier alpha value is -1.04. The topological polar surface area (TPSA) is 60.7 Å². The first-order valence-corrected chi connectivity index (χ1v) is 5.00. The van der Waals surface area contributed by atoms with E-state index in [1.165, 1.54) is 11.3 Å². The van der Waals surface area contributed by atoms with Gasteiger partial charge in [0.2, 0.25) is 0 Å². The third kappa shape index (κ3) is 1.30. The molecule has 0 saturated carbocycles. The minimum absolute atomic E-state index is 0.230. The van der Waals surface area contributed by atoms with Gasteiger partial charge in [0.05, 0.1) is 0 Å². The van der Waals surface area contributed by atoms with Crippen molar-refractivity contribution in [1.29, 1.82) is 0 Å². The molecule has 14 heavy (non-hydrogen) atoms. The number of hydrogen-bond donors (Lipinski definition) is 3. The zero-order valence-corrected chi connectivity index (χ0v) is 8.38. The normalized spacial score (nSPS) is 10.8. The van der Waals surface area contributed by atoms with Gasteiger partial charge in [-0.25, -0.2) is 0 Å². The molecule has 0 spiro atoms. The van der Waals surface area contributed by atoms with E-state index in [2.05, 4.69) is 0 Å². The molecule has 0 aliphatic carbocycles. The van der Waals surface area contributed by atoms with Crippen LogP contribution in [0.4, 0.5) is 0 Å². The van der Waals surface area contributed by atoms with Crippen LogP contribution < -0.4 is 5.46 Å².